The van der Waals surface area contributed by atoms with E-state index >= 15 is 0 Å². The molecule has 0 aromatic heterocycles. The van der Waals surface area contributed by atoms with Gasteiger partial charge < -0.3 is 20.6 Å². The lowest BCUT2D eigenvalue weighted by atomic mass is 9.91. The zero-order chi connectivity index (χ0) is 19.1. The summed E-state index contributed by atoms with van der Waals surface area (Å²) in [5.41, 5.74) is 0.373. The van der Waals surface area contributed by atoms with E-state index in [-0.39, 0.29) is 24.4 Å². The van der Waals surface area contributed by atoms with Gasteiger partial charge in [-0.25, -0.2) is 9.18 Å². The van der Waals surface area contributed by atoms with Crippen molar-refractivity contribution in [3.63, 3.8) is 0 Å². The Morgan fingerprint density at radius 3 is 2.46 bits per heavy atom. The van der Waals surface area contributed by atoms with Crippen molar-refractivity contribution >= 4 is 17.9 Å². The van der Waals surface area contributed by atoms with E-state index in [0.29, 0.717) is 38.0 Å². The van der Waals surface area contributed by atoms with E-state index in [1.165, 1.54) is 29.2 Å². The van der Waals surface area contributed by atoms with Crippen molar-refractivity contribution in [1.82, 2.24) is 15.5 Å². The van der Waals surface area contributed by atoms with Crippen LogP contribution in [0.25, 0.3) is 0 Å². The second kappa shape index (κ2) is 9.17. The number of benzene rings is 1. The standard InChI is InChI=1S/C18H24FN3O4/c1-12-9-14(17(24)25)11-22(10-12)18(26)21-8-2-7-20-16(23)13-3-5-15(19)6-4-13/h3-6,12,14H,2,7-11H2,1H3,(H,20,23)(H,21,26)(H,24,25). The molecule has 1 aliphatic heterocycles. The maximum absolute atomic E-state index is 12.8. The Morgan fingerprint density at radius 2 is 1.81 bits per heavy atom. The van der Waals surface area contributed by atoms with E-state index < -0.39 is 17.7 Å². The van der Waals surface area contributed by atoms with E-state index in [2.05, 4.69) is 10.6 Å². The van der Waals surface area contributed by atoms with Gasteiger partial charge in [0.1, 0.15) is 5.82 Å². The maximum Gasteiger partial charge on any atom is 0.317 e. The van der Waals surface area contributed by atoms with Crippen LogP contribution in [0.15, 0.2) is 24.3 Å². The van der Waals surface area contributed by atoms with Crippen molar-refractivity contribution in [2.75, 3.05) is 26.2 Å². The van der Waals surface area contributed by atoms with E-state index in [9.17, 15) is 18.8 Å². The van der Waals surface area contributed by atoms with Crippen molar-refractivity contribution in [2.24, 2.45) is 11.8 Å². The number of carbonyl (C=O) groups excluding carboxylic acids is 2. The highest BCUT2D eigenvalue weighted by Crippen LogP contribution is 2.21. The summed E-state index contributed by atoms with van der Waals surface area (Å²) in [5, 5.41) is 14.6. The zero-order valence-electron chi connectivity index (χ0n) is 14.7. The first kappa shape index (κ1) is 19.7. The third kappa shape index (κ3) is 5.72. The second-order valence-electron chi connectivity index (χ2n) is 6.63. The lowest BCUT2D eigenvalue weighted by molar-refractivity contribution is -0.143. The van der Waals surface area contributed by atoms with Crippen LogP contribution in [0.2, 0.25) is 0 Å². The van der Waals surface area contributed by atoms with Gasteiger partial charge >= 0.3 is 12.0 Å². The number of urea groups is 1. The maximum atomic E-state index is 12.8. The van der Waals surface area contributed by atoms with E-state index in [1.807, 2.05) is 6.92 Å². The molecular weight excluding hydrogens is 341 g/mol. The first-order valence-electron chi connectivity index (χ1n) is 8.66. The highest BCUT2D eigenvalue weighted by atomic mass is 19.1. The molecule has 1 saturated heterocycles. The molecule has 1 aromatic rings. The number of piperidine rings is 1. The van der Waals surface area contributed by atoms with Gasteiger partial charge in [-0.15, -0.1) is 0 Å². The highest BCUT2D eigenvalue weighted by Gasteiger charge is 2.31. The Bertz CT molecular complexity index is 650. The summed E-state index contributed by atoms with van der Waals surface area (Å²) >= 11 is 0. The minimum atomic E-state index is -0.877. The lowest BCUT2D eigenvalue weighted by Gasteiger charge is -2.34. The summed E-state index contributed by atoms with van der Waals surface area (Å²) in [6.45, 7) is 3.42. The van der Waals surface area contributed by atoms with Crippen LogP contribution in [0.3, 0.4) is 0 Å². The molecule has 2 unspecified atom stereocenters. The fourth-order valence-electron chi connectivity index (χ4n) is 3.00. The van der Waals surface area contributed by atoms with Crippen LogP contribution in [0, 0.1) is 17.7 Å². The highest BCUT2D eigenvalue weighted by molar-refractivity contribution is 5.94. The number of likely N-dealkylation sites (tertiary alicyclic amines) is 1. The molecule has 3 N–H and O–H groups in total. The number of carboxylic acid groups (broad SMARTS) is 1. The van der Waals surface area contributed by atoms with E-state index in [0.717, 1.165) is 0 Å². The summed E-state index contributed by atoms with van der Waals surface area (Å²) < 4.78 is 12.8. The van der Waals surface area contributed by atoms with E-state index in [4.69, 9.17) is 5.11 Å². The van der Waals surface area contributed by atoms with Gasteiger partial charge in [0, 0.05) is 31.7 Å². The predicted octanol–water partition coefficient (Wildman–Crippen LogP) is 1.70. The molecule has 0 aliphatic carbocycles. The number of nitrogens with one attached hydrogen (secondary N) is 2. The van der Waals surface area contributed by atoms with Gasteiger partial charge in [0.25, 0.3) is 5.91 Å². The quantitative estimate of drug-likeness (QED) is 0.668. The molecule has 142 valence electrons. The van der Waals surface area contributed by atoms with Gasteiger partial charge in [-0.05, 0) is 43.0 Å². The SMILES string of the molecule is CC1CC(C(=O)O)CN(C(=O)NCCCNC(=O)c2ccc(F)cc2)C1. The number of nitrogens with zero attached hydrogens (tertiary/aromatic N) is 1. The smallest absolute Gasteiger partial charge is 0.317 e. The first-order valence-corrected chi connectivity index (χ1v) is 8.66. The number of carboxylic acids is 1. The number of hydrogen-bond acceptors (Lipinski definition) is 3. The van der Waals surface area contributed by atoms with Crippen LogP contribution in [-0.4, -0.2) is 54.1 Å². The summed E-state index contributed by atoms with van der Waals surface area (Å²) in [6, 6.07) is 4.97. The number of amides is 3. The molecule has 2 atom stereocenters. The minimum Gasteiger partial charge on any atom is -0.481 e. The Morgan fingerprint density at radius 1 is 1.15 bits per heavy atom. The number of aliphatic carboxylic acids is 1. The zero-order valence-corrected chi connectivity index (χ0v) is 14.7. The van der Waals surface area contributed by atoms with Crippen molar-refractivity contribution in [3.8, 4) is 0 Å². The van der Waals surface area contributed by atoms with Gasteiger partial charge in [-0.3, -0.25) is 9.59 Å². The van der Waals surface area contributed by atoms with Crippen LogP contribution in [0.1, 0.15) is 30.1 Å². The molecule has 3 amide bonds. The molecule has 0 bridgehead atoms. The van der Waals surface area contributed by atoms with Crippen molar-refractivity contribution < 1.29 is 23.9 Å². The molecular formula is C18H24FN3O4. The molecule has 1 heterocycles. The van der Waals surface area contributed by atoms with Gasteiger partial charge in [-0.1, -0.05) is 6.92 Å². The first-order chi connectivity index (χ1) is 12.4. The fourth-order valence-corrected chi connectivity index (χ4v) is 3.00. The van der Waals surface area contributed by atoms with Crippen LogP contribution < -0.4 is 10.6 Å². The van der Waals surface area contributed by atoms with Gasteiger partial charge in [0.15, 0.2) is 0 Å². The Kier molecular flexibility index (Phi) is 6.94. The van der Waals surface area contributed by atoms with Gasteiger partial charge in [0.05, 0.1) is 5.92 Å². The number of rotatable bonds is 6. The van der Waals surface area contributed by atoms with E-state index in [1.54, 1.807) is 0 Å². The summed E-state index contributed by atoms with van der Waals surface area (Å²) in [7, 11) is 0. The van der Waals surface area contributed by atoms with Crippen molar-refractivity contribution in [3.05, 3.63) is 35.6 Å². The molecule has 26 heavy (non-hydrogen) atoms. The monoisotopic (exact) mass is 365 g/mol. The number of halogens is 1. The normalized spacial score (nSPS) is 19.7. The molecule has 0 saturated carbocycles. The average Bonchev–Trinajstić information content (AvgIpc) is 2.61. The predicted molar refractivity (Wildman–Crippen MR) is 93.2 cm³/mol. The van der Waals surface area contributed by atoms with Crippen LogP contribution in [0.5, 0.6) is 0 Å². The third-order valence-corrected chi connectivity index (χ3v) is 4.32. The second-order valence-corrected chi connectivity index (χ2v) is 6.63. The van der Waals surface area contributed by atoms with Crippen LogP contribution in [0.4, 0.5) is 9.18 Å². The van der Waals surface area contributed by atoms with Crippen molar-refractivity contribution in [1.29, 1.82) is 0 Å². The third-order valence-electron chi connectivity index (χ3n) is 4.32. The minimum absolute atomic E-state index is 0.144. The fraction of sp³-hybridized carbons (Fsp3) is 0.500. The molecule has 0 radical (unpaired) electrons. The lowest BCUT2D eigenvalue weighted by Crippen LogP contribution is -2.49. The van der Waals surface area contributed by atoms with Crippen LogP contribution >= 0.6 is 0 Å². The number of carbonyl (C=O) groups is 3. The Labute approximate surface area is 151 Å². The Hall–Kier alpha value is -2.64. The van der Waals surface area contributed by atoms with Gasteiger partial charge in [-0.2, -0.15) is 0 Å². The summed E-state index contributed by atoms with van der Waals surface area (Å²) in [5.74, 6) is -1.96. The van der Waals surface area contributed by atoms with Crippen LogP contribution in [-0.2, 0) is 4.79 Å². The largest absolute Gasteiger partial charge is 0.481 e. The molecule has 1 fully saturated rings. The molecule has 7 nitrogen and oxygen atoms in total. The summed E-state index contributed by atoms with van der Waals surface area (Å²) in [6.07, 6.45) is 1.11. The Balaban J connectivity index is 1.67. The summed E-state index contributed by atoms with van der Waals surface area (Å²) in [4.78, 5) is 36.7. The molecule has 1 aromatic carbocycles. The molecule has 0 spiro atoms. The van der Waals surface area contributed by atoms with Gasteiger partial charge in [0.2, 0.25) is 0 Å². The molecule has 1 aliphatic rings. The average molecular weight is 365 g/mol. The number of hydrogen-bond donors (Lipinski definition) is 3. The molecule has 8 heteroatoms. The molecule has 2 rings (SSSR count). The topological polar surface area (TPSA) is 98.7 Å². The van der Waals surface area contributed by atoms with Crippen molar-refractivity contribution in [2.45, 2.75) is 19.8 Å².